The van der Waals surface area contributed by atoms with E-state index in [1.54, 1.807) is 12.4 Å². The highest BCUT2D eigenvalue weighted by Gasteiger charge is 2.35. The van der Waals surface area contributed by atoms with E-state index >= 15 is 0 Å². The number of carbonyl (C=O) groups excluding carboxylic acids is 2. The van der Waals surface area contributed by atoms with E-state index in [9.17, 15) is 14.7 Å². The second kappa shape index (κ2) is 9.09. The lowest BCUT2D eigenvalue weighted by Gasteiger charge is -2.37. The van der Waals surface area contributed by atoms with Gasteiger partial charge in [0.15, 0.2) is 0 Å². The molecule has 0 aromatic carbocycles. The minimum absolute atomic E-state index is 0.0665. The number of nitrogens with one attached hydrogen (secondary N) is 2. The maximum Gasteiger partial charge on any atom is 0.223 e. The number of aromatic nitrogens is 1. The third-order valence-corrected chi connectivity index (χ3v) is 5.25. The topological polar surface area (TPSA) is 101 Å². The van der Waals surface area contributed by atoms with Crippen LogP contribution in [0.25, 0.3) is 0 Å². The van der Waals surface area contributed by atoms with Crippen molar-refractivity contribution in [1.29, 1.82) is 0 Å². The molecule has 3 atom stereocenters. The summed E-state index contributed by atoms with van der Waals surface area (Å²) in [4.78, 5) is 28.2. The first-order chi connectivity index (χ1) is 12.7. The molecule has 0 spiro atoms. The van der Waals surface area contributed by atoms with Gasteiger partial charge in [0.2, 0.25) is 11.8 Å². The zero-order valence-electron chi connectivity index (χ0n) is 14.9. The van der Waals surface area contributed by atoms with Gasteiger partial charge in [-0.25, -0.2) is 0 Å². The minimum Gasteiger partial charge on any atom is -0.394 e. The number of carbonyl (C=O) groups is 2. The summed E-state index contributed by atoms with van der Waals surface area (Å²) in [7, 11) is 0. The Morgan fingerprint density at radius 1 is 1.19 bits per heavy atom. The summed E-state index contributed by atoms with van der Waals surface area (Å²) < 4.78 is 5.87. The largest absolute Gasteiger partial charge is 0.394 e. The van der Waals surface area contributed by atoms with Crippen molar-refractivity contribution in [3.05, 3.63) is 30.1 Å². The molecule has 0 bridgehead atoms. The summed E-state index contributed by atoms with van der Waals surface area (Å²) in [6.45, 7) is 0.294. The molecule has 7 heteroatoms. The Hall–Kier alpha value is -1.99. The van der Waals surface area contributed by atoms with Gasteiger partial charge in [-0.1, -0.05) is 6.42 Å². The molecule has 26 heavy (non-hydrogen) atoms. The van der Waals surface area contributed by atoms with Gasteiger partial charge in [-0.05, 0) is 43.4 Å². The van der Waals surface area contributed by atoms with Crippen molar-refractivity contribution in [2.24, 2.45) is 5.92 Å². The third kappa shape index (κ3) is 5.02. The average molecular weight is 361 g/mol. The fourth-order valence-electron chi connectivity index (χ4n) is 3.40. The van der Waals surface area contributed by atoms with Gasteiger partial charge in [0.25, 0.3) is 0 Å². The Morgan fingerprint density at radius 3 is 2.62 bits per heavy atom. The summed E-state index contributed by atoms with van der Waals surface area (Å²) >= 11 is 0. The number of hydrogen-bond donors (Lipinski definition) is 3. The molecule has 1 saturated heterocycles. The van der Waals surface area contributed by atoms with Crippen LogP contribution in [0.3, 0.4) is 0 Å². The molecule has 7 nitrogen and oxygen atoms in total. The van der Waals surface area contributed by atoms with Crippen molar-refractivity contribution in [3.8, 4) is 0 Å². The first-order valence-electron chi connectivity index (χ1n) is 9.38. The van der Waals surface area contributed by atoms with Crippen LogP contribution in [0, 0.1) is 5.92 Å². The van der Waals surface area contributed by atoms with Crippen molar-refractivity contribution in [2.75, 3.05) is 6.61 Å². The van der Waals surface area contributed by atoms with Gasteiger partial charge in [-0.3, -0.25) is 14.6 Å². The summed E-state index contributed by atoms with van der Waals surface area (Å²) in [6, 6.07) is 3.53. The Bertz CT molecular complexity index is 606. The molecule has 3 N–H and O–H groups in total. The predicted molar refractivity (Wildman–Crippen MR) is 95.0 cm³/mol. The smallest absolute Gasteiger partial charge is 0.223 e. The highest BCUT2D eigenvalue weighted by molar-refractivity contribution is 5.79. The normalized spacial score (nSPS) is 26.0. The molecule has 1 aromatic rings. The number of nitrogens with zero attached hydrogens (tertiary/aromatic N) is 1. The molecule has 2 aliphatic rings. The van der Waals surface area contributed by atoms with Crippen molar-refractivity contribution in [1.82, 2.24) is 15.6 Å². The molecule has 2 fully saturated rings. The number of ether oxygens (including phenoxy) is 1. The molecular formula is C19H27N3O4. The van der Waals surface area contributed by atoms with Crippen LogP contribution < -0.4 is 10.6 Å². The van der Waals surface area contributed by atoms with Crippen LogP contribution in [0.15, 0.2) is 24.5 Å². The second-order valence-electron chi connectivity index (χ2n) is 7.14. The number of aliphatic hydroxyl groups excluding tert-OH is 1. The molecule has 3 rings (SSSR count). The maximum atomic E-state index is 12.1. The molecule has 1 aliphatic heterocycles. The van der Waals surface area contributed by atoms with Gasteiger partial charge in [0.1, 0.15) is 6.10 Å². The summed E-state index contributed by atoms with van der Waals surface area (Å²) in [5.74, 6) is 0.100. The monoisotopic (exact) mass is 361 g/mol. The van der Waals surface area contributed by atoms with Crippen LogP contribution in [-0.4, -0.2) is 46.8 Å². The van der Waals surface area contributed by atoms with Gasteiger partial charge in [0.05, 0.1) is 25.2 Å². The molecule has 2 amide bonds. The van der Waals surface area contributed by atoms with E-state index < -0.39 is 6.10 Å². The molecule has 1 saturated carbocycles. The van der Waals surface area contributed by atoms with Crippen LogP contribution in [0.1, 0.15) is 44.1 Å². The number of amides is 2. The number of hydrogen-bond acceptors (Lipinski definition) is 5. The van der Waals surface area contributed by atoms with E-state index in [0.29, 0.717) is 19.4 Å². The van der Waals surface area contributed by atoms with Crippen LogP contribution in [-0.2, 0) is 20.9 Å². The second-order valence-corrected chi connectivity index (χ2v) is 7.14. The molecular weight excluding hydrogens is 334 g/mol. The van der Waals surface area contributed by atoms with Gasteiger partial charge in [-0.15, -0.1) is 0 Å². The van der Waals surface area contributed by atoms with Crippen molar-refractivity contribution in [3.63, 3.8) is 0 Å². The van der Waals surface area contributed by atoms with E-state index in [0.717, 1.165) is 24.8 Å². The highest BCUT2D eigenvalue weighted by Crippen LogP contribution is 2.28. The number of aliphatic hydroxyl groups is 1. The Morgan fingerprint density at radius 2 is 1.96 bits per heavy atom. The van der Waals surface area contributed by atoms with Gasteiger partial charge in [-0.2, -0.15) is 0 Å². The van der Waals surface area contributed by atoms with E-state index in [2.05, 4.69) is 15.6 Å². The first kappa shape index (κ1) is 18.8. The zero-order chi connectivity index (χ0) is 18.4. The minimum atomic E-state index is -0.453. The van der Waals surface area contributed by atoms with Crippen molar-refractivity contribution in [2.45, 2.75) is 63.3 Å². The fourth-order valence-corrected chi connectivity index (χ4v) is 3.40. The predicted octanol–water partition coefficient (Wildman–Crippen LogP) is 0.913. The van der Waals surface area contributed by atoms with Gasteiger partial charge >= 0.3 is 0 Å². The highest BCUT2D eigenvalue weighted by atomic mass is 16.5. The fraction of sp³-hybridized carbons (Fsp3) is 0.632. The van der Waals surface area contributed by atoms with Gasteiger partial charge < -0.3 is 20.5 Å². The molecule has 142 valence electrons. The van der Waals surface area contributed by atoms with Crippen LogP contribution in [0.2, 0.25) is 0 Å². The standard InChI is InChI=1S/C19H27N3O4/c23-12-17-16(22-19(25)14-2-1-3-14)5-4-15(26-17)10-18(24)21-11-13-6-8-20-9-7-13/h6-9,14-17,23H,1-5,10-12H2,(H,21,24)(H,22,25)/t15-,16+,17-/m0/s1. The molecule has 0 radical (unpaired) electrons. The van der Waals surface area contributed by atoms with E-state index in [-0.39, 0.29) is 42.9 Å². The van der Waals surface area contributed by atoms with Crippen molar-refractivity contribution >= 4 is 11.8 Å². The van der Waals surface area contributed by atoms with Crippen molar-refractivity contribution < 1.29 is 19.4 Å². The van der Waals surface area contributed by atoms with E-state index in [1.807, 2.05) is 12.1 Å². The Balaban J connectivity index is 1.42. The average Bonchev–Trinajstić information content (AvgIpc) is 2.60. The lowest BCUT2D eigenvalue weighted by Crippen LogP contribution is -2.53. The number of rotatable bonds is 7. The number of pyridine rings is 1. The van der Waals surface area contributed by atoms with Crippen LogP contribution in [0.5, 0.6) is 0 Å². The molecule has 0 unspecified atom stereocenters. The first-order valence-corrected chi connectivity index (χ1v) is 9.38. The lowest BCUT2D eigenvalue weighted by atomic mass is 9.84. The Kier molecular flexibility index (Phi) is 6.57. The Labute approximate surface area is 153 Å². The third-order valence-electron chi connectivity index (χ3n) is 5.25. The van der Waals surface area contributed by atoms with E-state index in [1.165, 1.54) is 0 Å². The molecule has 2 heterocycles. The van der Waals surface area contributed by atoms with Crippen LogP contribution >= 0.6 is 0 Å². The maximum absolute atomic E-state index is 12.1. The van der Waals surface area contributed by atoms with Gasteiger partial charge in [0, 0.05) is 24.9 Å². The zero-order valence-corrected chi connectivity index (χ0v) is 14.9. The quantitative estimate of drug-likeness (QED) is 0.670. The van der Waals surface area contributed by atoms with Crippen LogP contribution in [0.4, 0.5) is 0 Å². The summed E-state index contributed by atoms with van der Waals surface area (Å²) in [5.41, 5.74) is 0.991. The SMILES string of the molecule is O=C(C[C@@H]1CC[C@@H](NC(=O)C2CCC2)[C@H](CO)O1)NCc1ccncc1. The molecule has 1 aliphatic carbocycles. The summed E-state index contributed by atoms with van der Waals surface area (Å²) in [5, 5.41) is 15.5. The summed E-state index contributed by atoms with van der Waals surface area (Å²) in [6.07, 6.45) is 7.36. The van der Waals surface area contributed by atoms with E-state index in [4.69, 9.17) is 4.74 Å². The lowest BCUT2D eigenvalue weighted by molar-refractivity contribution is -0.138. The molecule has 1 aromatic heterocycles.